The van der Waals surface area contributed by atoms with E-state index in [-0.39, 0.29) is 5.25 Å². The first-order valence-electron chi connectivity index (χ1n) is 5.41. The molecule has 0 spiro atoms. The smallest absolute Gasteiger partial charge is 0.153 e. The molecule has 1 aliphatic rings. The molecule has 16 heavy (non-hydrogen) atoms. The van der Waals surface area contributed by atoms with Crippen molar-refractivity contribution < 1.29 is 8.42 Å². The predicted molar refractivity (Wildman–Crippen MR) is 65.4 cm³/mol. The summed E-state index contributed by atoms with van der Waals surface area (Å²) >= 11 is 1.61. The van der Waals surface area contributed by atoms with Crippen LogP contribution in [0.15, 0.2) is 6.20 Å². The van der Waals surface area contributed by atoms with Crippen molar-refractivity contribution in [3.63, 3.8) is 0 Å². The van der Waals surface area contributed by atoms with Crippen LogP contribution in [0.25, 0.3) is 0 Å². The van der Waals surface area contributed by atoms with E-state index in [2.05, 4.69) is 10.3 Å². The molecule has 0 aromatic carbocycles. The summed E-state index contributed by atoms with van der Waals surface area (Å²) in [4.78, 5) is 5.44. The molecule has 90 valence electrons. The van der Waals surface area contributed by atoms with E-state index < -0.39 is 9.84 Å². The second-order valence-electron chi connectivity index (χ2n) is 4.09. The minimum absolute atomic E-state index is 0.193. The molecule has 0 radical (unpaired) electrons. The molecule has 1 aromatic rings. The van der Waals surface area contributed by atoms with Crippen molar-refractivity contribution in [2.45, 2.75) is 31.1 Å². The number of hydrogen-bond donors (Lipinski definition) is 1. The van der Waals surface area contributed by atoms with Gasteiger partial charge in [0.2, 0.25) is 0 Å². The monoisotopic (exact) mass is 260 g/mol. The van der Waals surface area contributed by atoms with Gasteiger partial charge in [0.1, 0.15) is 0 Å². The van der Waals surface area contributed by atoms with Crippen LogP contribution in [-0.4, -0.2) is 31.5 Å². The van der Waals surface area contributed by atoms with Gasteiger partial charge in [-0.15, -0.1) is 11.3 Å². The zero-order valence-electron chi connectivity index (χ0n) is 9.27. The molecule has 6 heteroatoms. The maximum atomic E-state index is 11.7. The molecule has 2 heterocycles. The normalized spacial score (nSPS) is 23.7. The van der Waals surface area contributed by atoms with E-state index in [9.17, 15) is 8.42 Å². The third kappa shape index (κ3) is 2.61. The van der Waals surface area contributed by atoms with Gasteiger partial charge in [-0.3, -0.25) is 0 Å². The maximum Gasteiger partial charge on any atom is 0.153 e. The van der Waals surface area contributed by atoms with Crippen LogP contribution in [0.1, 0.15) is 22.7 Å². The number of nitrogens with one attached hydrogen (secondary N) is 1. The Balaban J connectivity index is 2.03. The number of rotatable bonds is 4. The van der Waals surface area contributed by atoms with Crippen LogP contribution in [0.5, 0.6) is 0 Å². The molecular formula is C10H16N2O2S2. The summed E-state index contributed by atoms with van der Waals surface area (Å²) in [5.41, 5.74) is 0. The Labute approximate surface area is 100 Å². The summed E-state index contributed by atoms with van der Waals surface area (Å²) < 4.78 is 23.3. The molecule has 1 N–H and O–H groups in total. The van der Waals surface area contributed by atoms with Gasteiger partial charge in [-0.1, -0.05) is 0 Å². The molecule has 1 aromatic heterocycles. The highest BCUT2D eigenvalue weighted by molar-refractivity contribution is 7.92. The van der Waals surface area contributed by atoms with E-state index in [1.165, 1.54) is 0 Å². The summed E-state index contributed by atoms with van der Waals surface area (Å²) in [6.45, 7) is 0.801. The molecule has 0 amide bonds. The summed E-state index contributed by atoms with van der Waals surface area (Å²) in [5, 5.41) is 3.81. The zero-order valence-corrected chi connectivity index (χ0v) is 10.9. The lowest BCUT2D eigenvalue weighted by atomic mass is 10.2. The van der Waals surface area contributed by atoms with E-state index in [1.54, 1.807) is 11.3 Å². The van der Waals surface area contributed by atoms with Crippen LogP contribution in [0.2, 0.25) is 0 Å². The highest BCUT2D eigenvalue weighted by Gasteiger charge is 2.31. The predicted octanol–water partition coefficient (Wildman–Crippen LogP) is 0.982. The van der Waals surface area contributed by atoms with Crippen molar-refractivity contribution in [3.8, 4) is 0 Å². The lowest BCUT2D eigenvalue weighted by Crippen LogP contribution is -2.18. The molecule has 1 saturated heterocycles. The Morgan fingerprint density at radius 1 is 1.62 bits per heavy atom. The molecule has 1 aliphatic heterocycles. The average Bonchev–Trinajstić information content (AvgIpc) is 2.76. The van der Waals surface area contributed by atoms with Gasteiger partial charge in [-0.05, 0) is 19.9 Å². The first-order chi connectivity index (χ1) is 7.62. The molecule has 1 atom stereocenters. The topological polar surface area (TPSA) is 59.1 Å². The minimum Gasteiger partial charge on any atom is -0.315 e. The summed E-state index contributed by atoms with van der Waals surface area (Å²) in [7, 11) is -0.948. The first-order valence-corrected chi connectivity index (χ1v) is 7.95. The molecule has 4 nitrogen and oxygen atoms in total. The van der Waals surface area contributed by atoms with Gasteiger partial charge in [0.05, 0.1) is 16.0 Å². The summed E-state index contributed by atoms with van der Waals surface area (Å²) in [5.74, 6) is 0.354. The van der Waals surface area contributed by atoms with Gasteiger partial charge in [-0.2, -0.15) is 0 Å². The standard InChI is InChI=1S/C10H16N2O2S2/c1-11-6-8-7-12-10(15-8)5-9-3-2-4-16(9,13)14/h7,9,11H,2-6H2,1H3. The molecule has 0 bridgehead atoms. The minimum atomic E-state index is -2.84. The Morgan fingerprint density at radius 2 is 2.44 bits per heavy atom. The van der Waals surface area contributed by atoms with Crippen LogP contribution in [0, 0.1) is 0 Å². The largest absolute Gasteiger partial charge is 0.315 e. The van der Waals surface area contributed by atoms with Gasteiger partial charge in [0, 0.05) is 24.0 Å². The van der Waals surface area contributed by atoms with E-state index >= 15 is 0 Å². The molecule has 2 rings (SSSR count). The molecule has 0 aliphatic carbocycles. The molecule has 1 fully saturated rings. The quantitative estimate of drug-likeness (QED) is 0.877. The van der Waals surface area contributed by atoms with Gasteiger partial charge in [0.25, 0.3) is 0 Å². The van der Waals surface area contributed by atoms with Gasteiger partial charge >= 0.3 is 0 Å². The van der Waals surface area contributed by atoms with Gasteiger partial charge in [0.15, 0.2) is 9.84 Å². The Bertz CT molecular complexity index is 453. The van der Waals surface area contributed by atoms with Crippen LogP contribution in [0.3, 0.4) is 0 Å². The van der Waals surface area contributed by atoms with E-state index in [0.29, 0.717) is 12.2 Å². The fraction of sp³-hybridized carbons (Fsp3) is 0.700. The maximum absolute atomic E-state index is 11.7. The highest BCUT2D eigenvalue weighted by atomic mass is 32.2. The Kier molecular flexibility index (Phi) is 3.61. The SMILES string of the molecule is CNCc1cnc(CC2CCCS2(=O)=O)s1. The number of sulfone groups is 1. The average molecular weight is 260 g/mol. The lowest BCUT2D eigenvalue weighted by molar-refractivity contribution is 0.588. The summed E-state index contributed by atoms with van der Waals surface area (Å²) in [6, 6.07) is 0. The van der Waals surface area contributed by atoms with E-state index in [1.807, 2.05) is 13.2 Å². The first kappa shape index (κ1) is 12.0. The number of aromatic nitrogens is 1. The Morgan fingerprint density at radius 3 is 3.06 bits per heavy atom. The number of hydrogen-bond acceptors (Lipinski definition) is 5. The second-order valence-corrected chi connectivity index (χ2v) is 7.69. The zero-order chi connectivity index (χ0) is 11.6. The van der Waals surface area contributed by atoms with Crippen molar-refractivity contribution in [2.24, 2.45) is 0 Å². The third-order valence-corrected chi connectivity index (χ3v) is 6.11. The molecule has 0 saturated carbocycles. The summed E-state index contributed by atoms with van der Waals surface area (Å²) in [6.07, 6.45) is 4.03. The lowest BCUT2D eigenvalue weighted by Gasteiger charge is -2.05. The van der Waals surface area contributed by atoms with Crippen molar-refractivity contribution >= 4 is 21.2 Å². The van der Waals surface area contributed by atoms with Crippen molar-refractivity contribution in [1.29, 1.82) is 0 Å². The number of thiazole rings is 1. The molecule has 1 unspecified atom stereocenters. The van der Waals surface area contributed by atoms with Crippen LogP contribution in [-0.2, 0) is 22.8 Å². The third-order valence-electron chi connectivity index (χ3n) is 2.82. The van der Waals surface area contributed by atoms with Gasteiger partial charge in [-0.25, -0.2) is 13.4 Å². The molecular weight excluding hydrogens is 244 g/mol. The highest BCUT2D eigenvalue weighted by Crippen LogP contribution is 2.25. The Hall–Kier alpha value is -0.460. The fourth-order valence-electron chi connectivity index (χ4n) is 1.98. The van der Waals surface area contributed by atoms with Crippen LogP contribution in [0.4, 0.5) is 0 Å². The van der Waals surface area contributed by atoms with Crippen molar-refractivity contribution in [2.75, 3.05) is 12.8 Å². The van der Waals surface area contributed by atoms with E-state index in [4.69, 9.17) is 0 Å². The van der Waals surface area contributed by atoms with Gasteiger partial charge < -0.3 is 5.32 Å². The van der Waals surface area contributed by atoms with Crippen LogP contribution < -0.4 is 5.32 Å². The van der Waals surface area contributed by atoms with Crippen LogP contribution >= 0.6 is 11.3 Å². The van der Waals surface area contributed by atoms with E-state index in [0.717, 1.165) is 29.3 Å². The fourth-order valence-corrected chi connectivity index (χ4v) is 4.94. The van der Waals surface area contributed by atoms with Crippen molar-refractivity contribution in [3.05, 3.63) is 16.1 Å². The second kappa shape index (κ2) is 4.81. The van der Waals surface area contributed by atoms with Crippen molar-refractivity contribution in [1.82, 2.24) is 10.3 Å². The number of nitrogens with zero attached hydrogens (tertiary/aromatic N) is 1.